The van der Waals surface area contributed by atoms with Gasteiger partial charge in [0.15, 0.2) is 5.82 Å². The van der Waals surface area contributed by atoms with Crippen molar-refractivity contribution in [3.8, 4) is 5.69 Å². The van der Waals surface area contributed by atoms with E-state index in [1.165, 1.54) is 11.8 Å². The summed E-state index contributed by atoms with van der Waals surface area (Å²) in [6, 6.07) is 3.48. The van der Waals surface area contributed by atoms with Crippen molar-refractivity contribution in [3.63, 3.8) is 0 Å². The van der Waals surface area contributed by atoms with Crippen LogP contribution < -0.4 is 11.1 Å². The van der Waals surface area contributed by atoms with Crippen LogP contribution in [0.3, 0.4) is 0 Å². The molecule has 0 unspecified atom stereocenters. The molecule has 0 aliphatic rings. The molecule has 0 bridgehead atoms. The Kier molecular flexibility index (Phi) is 4.72. The van der Waals surface area contributed by atoms with E-state index in [0.29, 0.717) is 24.7 Å². The van der Waals surface area contributed by atoms with Crippen molar-refractivity contribution in [1.29, 1.82) is 0 Å². The number of hydrogen-bond donors (Lipinski definition) is 2. The van der Waals surface area contributed by atoms with E-state index in [0.717, 1.165) is 0 Å². The first-order valence-electron chi connectivity index (χ1n) is 6.29. The molecule has 2 aromatic heterocycles. The van der Waals surface area contributed by atoms with Crippen molar-refractivity contribution in [2.24, 2.45) is 0 Å². The fraction of sp³-hybridized carbons (Fsp3) is 0.308. The number of nitrogens with zero attached hydrogens (tertiary/aromatic N) is 3. The SMILES string of the molecule is COCCNc1nn(-c2ccncc2)c(N)c1C(=O)OC. The van der Waals surface area contributed by atoms with Gasteiger partial charge in [0, 0.05) is 26.0 Å². The average Bonchev–Trinajstić information content (AvgIpc) is 2.84. The molecule has 8 nitrogen and oxygen atoms in total. The van der Waals surface area contributed by atoms with Crippen molar-refractivity contribution in [2.75, 3.05) is 38.4 Å². The molecule has 0 saturated heterocycles. The highest BCUT2D eigenvalue weighted by Gasteiger charge is 2.23. The number of methoxy groups -OCH3 is 2. The lowest BCUT2D eigenvalue weighted by atomic mass is 10.3. The van der Waals surface area contributed by atoms with Crippen molar-refractivity contribution in [1.82, 2.24) is 14.8 Å². The minimum Gasteiger partial charge on any atom is -0.465 e. The Balaban J connectivity index is 2.41. The normalized spacial score (nSPS) is 10.4. The standard InChI is InChI=1S/C13H17N5O3/c1-20-8-7-16-12-10(13(19)21-2)11(14)18(17-12)9-3-5-15-6-4-9/h3-6H,7-8,14H2,1-2H3,(H,16,17). The smallest absolute Gasteiger partial charge is 0.345 e. The quantitative estimate of drug-likeness (QED) is 0.596. The van der Waals surface area contributed by atoms with Gasteiger partial charge >= 0.3 is 5.97 Å². The summed E-state index contributed by atoms with van der Waals surface area (Å²) in [7, 11) is 2.89. The largest absolute Gasteiger partial charge is 0.465 e. The summed E-state index contributed by atoms with van der Waals surface area (Å²) in [5.74, 6) is 0.00824. The van der Waals surface area contributed by atoms with Crippen LogP contribution in [0.5, 0.6) is 0 Å². The molecule has 0 radical (unpaired) electrons. The second-order valence-corrected chi connectivity index (χ2v) is 4.14. The number of carbonyl (C=O) groups excluding carboxylic acids is 1. The summed E-state index contributed by atoms with van der Waals surface area (Å²) in [5.41, 5.74) is 6.93. The zero-order valence-electron chi connectivity index (χ0n) is 11.9. The van der Waals surface area contributed by atoms with Gasteiger partial charge in [-0.1, -0.05) is 0 Å². The zero-order valence-corrected chi connectivity index (χ0v) is 11.9. The van der Waals surface area contributed by atoms with Crippen LogP contribution in [0.4, 0.5) is 11.6 Å². The van der Waals surface area contributed by atoms with Crippen molar-refractivity contribution in [3.05, 3.63) is 30.1 Å². The van der Waals surface area contributed by atoms with Crippen molar-refractivity contribution < 1.29 is 14.3 Å². The summed E-state index contributed by atoms with van der Waals surface area (Å²) in [5, 5.41) is 7.32. The summed E-state index contributed by atoms with van der Waals surface area (Å²) < 4.78 is 11.2. The maximum Gasteiger partial charge on any atom is 0.345 e. The molecule has 0 aliphatic heterocycles. The first kappa shape index (κ1) is 14.8. The molecule has 0 saturated carbocycles. The monoisotopic (exact) mass is 291 g/mol. The van der Waals surface area contributed by atoms with Gasteiger partial charge in [-0.15, -0.1) is 5.10 Å². The highest BCUT2D eigenvalue weighted by Crippen LogP contribution is 2.25. The van der Waals surface area contributed by atoms with Crippen LogP contribution in [0.2, 0.25) is 0 Å². The highest BCUT2D eigenvalue weighted by atomic mass is 16.5. The number of rotatable bonds is 6. The Labute approximate surface area is 121 Å². The third kappa shape index (κ3) is 3.11. The Morgan fingerprint density at radius 1 is 1.38 bits per heavy atom. The van der Waals surface area contributed by atoms with E-state index >= 15 is 0 Å². The molecule has 21 heavy (non-hydrogen) atoms. The maximum atomic E-state index is 11.9. The number of nitrogens with two attached hydrogens (primary N) is 1. The molecule has 0 aliphatic carbocycles. The molecule has 3 N–H and O–H groups in total. The fourth-order valence-electron chi connectivity index (χ4n) is 1.81. The lowest BCUT2D eigenvalue weighted by molar-refractivity contribution is 0.0603. The molecule has 0 spiro atoms. The summed E-state index contributed by atoms with van der Waals surface area (Å²) in [6.07, 6.45) is 3.23. The number of nitrogen functional groups attached to an aromatic ring is 1. The third-order valence-corrected chi connectivity index (χ3v) is 2.82. The van der Waals surface area contributed by atoms with Crippen LogP contribution in [0.25, 0.3) is 5.69 Å². The van der Waals surface area contributed by atoms with E-state index in [1.54, 1.807) is 31.6 Å². The molecule has 0 atom stereocenters. The van der Waals surface area contributed by atoms with Gasteiger partial charge in [-0.05, 0) is 12.1 Å². The lowest BCUT2D eigenvalue weighted by Gasteiger charge is -2.04. The van der Waals surface area contributed by atoms with Gasteiger partial charge in [0.05, 0.1) is 19.4 Å². The van der Waals surface area contributed by atoms with Gasteiger partial charge in [0.25, 0.3) is 0 Å². The number of aromatic nitrogens is 3. The van der Waals surface area contributed by atoms with Gasteiger partial charge in [0.1, 0.15) is 11.4 Å². The van der Waals surface area contributed by atoms with Crippen LogP contribution in [0, 0.1) is 0 Å². The molecule has 2 rings (SSSR count). The van der Waals surface area contributed by atoms with Crippen LogP contribution in [0.15, 0.2) is 24.5 Å². The van der Waals surface area contributed by atoms with Crippen LogP contribution in [0.1, 0.15) is 10.4 Å². The fourth-order valence-corrected chi connectivity index (χ4v) is 1.81. The Morgan fingerprint density at radius 3 is 2.71 bits per heavy atom. The Morgan fingerprint density at radius 2 is 2.10 bits per heavy atom. The van der Waals surface area contributed by atoms with Gasteiger partial charge in [-0.3, -0.25) is 4.98 Å². The maximum absolute atomic E-state index is 11.9. The second kappa shape index (κ2) is 6.71. The summed E-state index contributed by atoms with van der Waals surface area (Å²) in [4.78, 5) is 15.8. The molecular formula is C13H17N5O3. The Bertz CT molecular complexity index is 612. The predicted octanol–water partition coefficient (Wildman–Crippen LogP) is 0.694. The average molecular weight is 291 g/mol. The van der Waals surface area contributed by atoms with Crippen LogP contribution >= 0.6 is 0 Å². The van der Waals surface area contributed by atoms with E-state index in [1.807, 2.05) is 0 Å². The minimum absolute atomic E-state index is 0.199. The molecule has 112 valence electrons. The number of esters is 1. The molecule has 0 amide bonds. The zero-order chi connectivity index (χ0) is 15.2. The molecule has 8 heteroatoms. The highest BCUT2D eigenvalue weighted by molar-refractivity contribution is 5.99. The van der Waals surface area contributed by atoms with Crippen LogP contribution in [-0.4, -0.2) is 48.1 Å². The van der Waals surface area contributed by atoms with Crippen molar-refractivity contribution in [2.45, 2.75) is 0 Å². The summed E-state index contributed by atoms with van der Waals surface area (Å²) in [6.45, 7) is 0.968. The lowest BCUT2D eigenvalue weighted by Crippen LogP contribution is -2.12. The first-order valence-corrected chi connectivity index (χ1v) is 6.29. The van der Waals surface area contributed by atoms with E-state index < -0.39 is 5.97 Å². The number of pyridine rings is 1. The van der Waals surface area contributed by atoms with Gasteiger partial charge in [-0.2, -0.15) is 0 Å². The second-order valence-electron chi connectivity index (χ2n) is 4.14. The number of carbonyl (C=O) groups is 1. The third-order valence-electron chi connectivity index (χ3n) is 2.82. The minimum atomic E-state index is -0.548. The first-order chi connectivity index (χ1) is 10.2. The Hall–Kier alpha value is -2.61. The van der Waals surface area contributed by atoms with E-state index in [2.05, 4.69) is 15.4 Å². The topological polar surface area (TPSA) is 104 Å². The van der Waals surface area contributed by atoms with E-state index in [9.17, 15) is 4.79 Å². The van der Waals surface area contributed by atoms with Crippen molar-refractivity contribution >= 4 is 17.6 Å². The van der Waals surface area contributed by atoms with E-state index in [-0.39, 0.29) is 11.4 Å². The molecular weight excluding hydrogens is 274 g/mol. The summed E-state index contributed by atoms with van der Waals surface area (Å²) >= 11 is 0. The molecule has 2 aromatic rings. The van der Waals surface area contributed by atoms with Gasteiger partial charge in [-0.25, -0.2) is 9.48 Å². The number of nitrogens with one attached hydrogen (secondary N) is 1. The molecule has 2 heterocycles. The van der Waals surface area contributed by atoms with Gasteiger partial charge in [0.2, 0.25) is 0 Å². The van der Waals surface area contributed by atoms with E-state index in [4.69, 9.17) is 15.2 Å². The molecule has 0 aromatic carbocycles. The predicted molar refractivity (Wildman–Crippen MR) is 77.5 cm³/mol. The van der Waals surface area contributed by atoms with Gasteiger partial charge < -0.3 is 20.5 Å². The van der Waals surface area contributed by atoms with Crippen LogP contribution in [-0.2, 0) is 9.47 Å². The molecule has 0 fully saturated rings. The number of anilines is 2. The number of ether oxygens (including phenoxy) is 2. The number of hydrogen-bond acceptors (Lipinski definition) is 7.